The van der Waals surface area contributed by atoms with Crippen LogP contribution in [-0.4, -0.2) is 29.0 Å². The first kappa shape index (κ1) is 23.9. The van der Waals surface area contributed by atoms with Gasteiger partial charge in [-0.1, -0.05) is 54.1 Å². The summed E-state index contributed by atoms with van der Waals surface area (Å²) in [6.07, 6.45) is 1.28. The van der Waals surface area contributed by atoms with Crippen molar-refractivity contribution < 1.29 is 23.5 Å². The first-order chi connectivity index (χ1) is 18.2. The van der Waals surface area contributed by atoms with E-state index in [2.05, 4.69) is 0 Å². The Morgan fingerprint density at radius 3 is 2.16 bits per heavy atom. The molecule has 1 saturated heterocycles. The Morgan fingerprint density at radius 2 is 1.47 bits per heavy atom. The number of rotatable bonds is 3. The van der Waals surface area contributed by atoms with Crippen LogP contribution in [0.1, 0.15) is 30.9 Å². The summed E-state index contributed by atoms with van der Waals surface area (Å²) >= 11 is 6.14. The maximum Gasteiger partial charge on any atom is 0.350 e. The van der Waals surface area contributed by atoms with Gasteiger partial charge >= 0.3 is 11.9 Å². The fraction of sp³-hybridized carbons (Fsp3) is 0.172. The number of ether oxygens (including phenoxy) is 2. The van der Waals surface area contributed by atoms with Crippen molar-refractivity contribution >= 4 is 45.9 Å². The predicted molar refractivity (Wildman–Crippen MR) is 141 cm³/mol. The highest BCUT2D eigenvalue weighted by Crippen LogP contribution is 2.48. The second kappa shape index (κ2) is 8.56. The molecule has 1 unspecified atom stereocenters. The van der Waals surface area contributed by atoms with Gasteiger partial charge in [-0.05, 0) is 42.0 Å². The van der Waals surface area contributed by atoms with Crippen molar-refractivity contribution in [3.8, 4) is 0 Å². The minimum Gasteiger partial charge on any atom is -0.464 e. The molecular weight excluding hydrogens is 508 g/mol. The molecule has 2 aliphatic rings. The van der Waals surface area contributed by atoms with Crippen LogP contribution in [0.5, 0.6) is 0 Å². The highest BCUT2D eigenvalue weighted by Gasteiger charge is 2.70. The lowest BCUT2D eigenvalue weighted by Gasteiger charge is -2.44. The summed E-state index contributed by atoms with van der Waals surface area (Å²) in [7, 11) is 0. The highest BCUT2D eigenvalue weighted by atomic mass is 35.5. The molecule has 190 valence electrons. The molecule has 1 fully saturated rings. The third kappa shape index (κ3) is 3.52. The second-order valence-electron chi connectivity index (χ2n) is 9.53. The smallest absolute Gasteiger partial charge is 0.350 e. The Hall–Kier alpha value is -4.43. The number of esters is 2. The van der Waals surface area contributed by atoms with Gasteiger partial charge < -0.3 is 13.9 Å². The first-order valence-electron chi connectivity index (χ1n) is 11.9. The van der Waals surface area contributed by atoms with Crippen LogP contribution in [0.15, 0.2) is 99.4 Å². The molecule has 1 spiro atoms. The molecule has 9 heteroatoms. The van der Waals surface area contributed by atoms with Gasteiger partial charge in [0.25, 0.3) is 11.3 Å². The van der Waals surface area contributed by atoms with Crippen molar-refractivity contribution in [2.24, 2.45) is 5.10 Å². The number of hydrogen-bond acceptors (Lipinski definition) is 8. The molecule has 0 amide bonds. The lowest BCUT2D eigenvalue weighted by Crippen LogP contribution is -2.67. The van der Waals surface area contributed by atoms with Gasteiger partial charge in [-0.15, -0.1) is 0 Å². The number of benzene rings is 3. The average molecular weight is 529 g/mol. The molecule has 1 aromatic heterocycles. The normalized spacial score (nSPS) is 19.8. The molecule has 3 aromatic carbocycles. The molecule has 0 bridgehead atoms. The van der Waals surface area contributed by atoms with E-state index in [1.807, 2.05) is 0 Å². The molecule has 8 nitrogen and oxygen atoms in total. The molecule has 6 rings (SSSR count). The topological polar surface area (TPSA) is 98.4 Å². The predicted octanol–water partition coefficient (Wildman–Crippen LogP) is 5.03. The SMILES string of the molecule is CC1(C)OC(=O)C2(C(=O)O1)C(c1coc3ccccc3c1=O)C(c1ccc(Cl)cc1)=NN2c1ccccc1. The van der Waals surface area contributed by atoms with E-state index in [0.29, 0.717) is 27.2 Å². The number of fused-ring (bicyclic) bond motifs is 1. The number of carbonyl (C=O) groups is 2. The number of anilines is 1. The molecule has 3 heterocycles. The van der Waals surface area contributed by atoms with Gasteiger partial charge in [0, 0.05) is 24.4 Å². The summed E-state index contributed by atoms with van der Waals surface area (Å²) in [6.45, 7) is 2.94. The zero-order valence-electron chi connectivity index (χ0n) is 20.4. The van der Waals surface area contributed by atoms with Crippen LogP contribution in [0.2, 0.25) is 5.02 Å². The van der Waals surface area contributed by atoms with Gasteiger partial charge in [-0.3, -0.25) is 4.79 Å². The zero-order valence-corrected chi connectivity index (χ0v) is 21.1. The molecule has 4 aromatic rings. The molecule has 2 aliphatic heterocycles. The summed E-state index contributed by atoms with van der Waals surface area (Å²) < 4.78 is 17.2. The molecule has 0 aliphatic carbocycles. The summed E-state index contributed by atoms with van der Waals surface area (Å²) in [5, 5.41) is 6.86. The van der Waals surface area contributed by atoms with Crippen molar-refractivity contribution in [2.75, 3.05) is 5.01 Å². The van der Waals surface area contributed by atoms with Gasteiger partial charge in [0.05, 0.1) is 29.0 Å². The minimum absolute atomic E-state index is 0.0597. The van der Waals surface area contributed by atoms with E-state index in [4.69, 9.17) is 30.6 Å². The van der Waals surface area contributed by atoms with Crippen LogP contribution in [0.3, 0.4) is 0 Å². The standard InChI is InChI=1S/C29H21ClN2O6/c1-28(2)37-26(34)29(27(35)38-28)23(21-16-36-22-11-7-6-10-20(22)25(21)33)24(17-12-14-18(30)15-13-17)31-32(29)19-8-4-3-5-9-19/h3-16,23H,1-2H3. The molecule has 0 radical (unpaired) electrons. The van der Waals surface area contributed by atoms with Gasteiger partial charge in [0.15, 0.2) is 5.43 Å². The Labute approximate surface area is 222 Å². The van der Waals surface area contributed by atoms with Crippen LogP contribution in [-0.2, 0) is 19.1 Å². The minimum atomic E-state index is -2.18. The Bertz CT molecular complexity index is 1660. The summed E-state index contributed by atoms with van der Waals surface area (Å²) in [5.41, 5.74) is -0.892. The lowest BCUT2D eigenvalue weighted by molar-refractivity contribution is -0.242. The van der Waals surface area contributed by atoms with Crippen molar-refractivity contribution in [1.82, 2.24) is 0 Å². The van der Waals surface area contributed by atoms with Crippen LogP contribution in [0.4, 0.5) is 5.69 Å². The Balaban J connectivity index is 1.69. The third-order valence-corrected chi connectivity index (χ3v) is 6.94. The van der Waals surface area contributed by atoms with E-state index in [9.17, 15) is 14.4 Å². The molecule has 0 N–H and O–H groups in total. The summed E-state index contributed by atoms with van der Waals surface area (Å²) in [5.74, 6) is -4.54. The number of hydrazone groups is 1. The van der Waals surface area contributed by atoms with E-state index in [-0.39, 0.29) is 11.3 Å². The Morgan fingerprint density at radius 1 is 0.842 bits per heavy atom. The molecule has 1 atom stereocenters. The second-order valence-corrected chi connectivity index (χ2v) is 9.97. The zero-order chi connectivity index (χ0) is 26.7. The average Bonchev–Trinajstić information content (AvgIpc) is 3.25. The van der Waals surface area contributed by atoms with Gasteiger partial charge in [-0.25, -0.2) is 14.6 Å². The number of cyclic esters (lactones) is 2. The number of halogens is 1. The first-order valence-corrected chi connectivity index (χ1v) is 12.3. The fourth-order valence-electron chi connectivity index (χ4n) is 5.02. The van der Waals surface area contributed by atoms with Gasteiger partial charge in [0.2, 0.25) is 0 Å². The van der Waals surface area contributed by atoms with Crippen molar-refractivity contribution in [3.63, 3.8) is 0 Å². The van der Waals surface area contributed by atoms with E-state index in [1.165, 1.54) is 25.1 Å². The largest absolute Gasteiger partial charge is 0.464 e. The fourth-order valence-corrected chi connectivity index (χ4v) is 5.15. The van der Waals surface area contributed by atoms with Crippen LogP contribution in [0, 0.1) is 0 Å². The number of para-hydroxylation sites is 2. The van der Waals surface area contributed by atoms with E-state index >= 15 is 0 Å². The lowest BCUT2D eigenvalue weighted by atomic mass is 9.74. The summed E-state index contributed by atoms with van der Waals surface area (Å²) in [6, 6.07) is 22.2. The molecule has 0 saturated carbocycles. The highest BCUT2D eigenvalue weighted by molar-refractivity contribution is 6.30. The maximum atomic E-state index is 14.0. The van der Waals surface area contributed by atoms with Gasteiger partial charge in [0.1, 0.15) is 5.58 Å². The van der Waals surface area contributed by atoms with Crippen molar-refractivity contribution in [2.45, 2.75) is 31.1 Å². The maximum absolute atomic E-state index is 14.0. The van der Waals surface area contributed by atoms with Crippen LogP contribution >= 0.6 is 11.6 Å². The van der Waals surface area contributed by atoms with Crippen LogP contribution < -0.4 is 10.4 Å². The van der Waals surface area contributed by atoms with Gasteiger partial charge in [-0.2, -0.15) is 5.10 Å². The Kier molecular flexibility index (Phi) is 5.39. The van der Waals surface area contributed by atoms with Crippen molar-refractivity contribution in [3.05, 3.63) is 111 Å². The van der Waals surface area contributed by atoms with Crippen molar-refractivity contribution in [1.29, 1.82) is 0 Å². The van der Waals surface area contributed by atoms with Crippen LogP contribution in [0.25, 0.3) is 11.0 Å². The number of hydrogen-bond donors (Lipinski definition) is 0. The third-order valence-electron chi connectivity index (χ3n) is 6.69. The van der Waals surface area contributed by atoms with E-state index in [1.54, 1.807) is 78.9 Å². The number of carbonyl (C=O) groups excluding carboxylic acids is 2. The van der Waals surface area contributed by atoms with E-state index in [0.717, 1.165) is 0 Å². The quantitative estimate of drug-likeness (QED) is 0.272. The monoisotopic (exact) mass is 528 g/mol. The summed E-state index contributed by atoms with van der Waals surface area (Å²) in [4.78, 5) is 41.9. The molecule has 38 heavy (non-hydrogen) atoms. The molecular formula is C29H21ClN2O6. The number of nitrogens with zero attached hydrogens (tertiary/aromatic N) is 2. The van der Waals surface area contributed by atoms with E-state index < -0.39 is 34.6 Å².